The molecule has 1 aliphatic rings. The lowest BCUT2D eigenvalue weighted by atomic mass is 10.0. The van der Waals surface area contributed by atoms with Gasteiger partial charge in [-0.1, -0.05) is 0 Å². The summed E-state index contributed by atoms with van der Waals surface area (Å²) >= 11 is 1.25. The highest BCUT2D eigenvalue weighted by Crippen LogP contribution is 2.16. The van der Waals surface area contributed by atoms with Gasteiger partial charge in [0.05, 0.1) is 0 Å². The molecular weight excluding hydrogens is 264 g/mol. The summed E-state index contributed by atoms with van der Waals surface area (Å²) in [5.74, 6) is -0.361. The number of rotatable bonds is 3. The Labute approximate surface area is 116 Å². The zero-order chi connectivity index (χ0) is 13.8. The molecule has 7 heteroatoms. The van der Waals surface area contributed by atoms with Crippen LogP contribution in [0.4, 0.5) is 5.13 Å². The van der Waals surface area contributed by atoms with E-state index in [1.807, 2.05) is 0 Å². The Hall–Kier alpha value is -1.47. The van der Waals surface area contributed by atoms with Gasteiger partial charge in [-0.2, -0.15) is 0 Å². The fraction of sp³-hybridized carbons (Fsp3) is 0.583. The van der Waals surface area contributed by atoms with E-state index in [1.165, 1.54) is 18.3 Å². The van der Waals surface area contributed by atoms with Crippen LogP contribution < -0.4 is 16.0 Å². The Morgan fingerprint density at radius 2 is 2.32 bits per heavy atom. The van der Waals surface area contributed by atoms with Crippen molar-refractivity contribution in [1.82, 2.24) is 15.6 Å². The van der Waals surface area contributed by atoms with Crippen molar-refractivity contribution in [3.8, 4) is 0 Å². The van der Waals surface area contributed by atoms with Crippen LogP contribution in [-0.4, -0.2) is 35.4 Å². The highest BCUT2D eigenvalue weighted by Gasteiger charge is 2.21. The number of aromatic nitrogens is 1. The smallest absolute Gasteiger partial charge is 0.271 e. The summed E-state index contributed by atoms with van der Waals surface area (Å²) in [6.45, 7) is 4.44. The van der Waals surface area contributed by atoms with Gasteiger partial charge in [0.25, 0.3) is 5.91 Å². The Kier molecular flexibility index (Phi) is 4.49. The van der Waals surface area contributed by atoms with Crippen molar-refractivity contribution in [3.05, 3.63) is 11.1 Å². The summed E-state index contributed by atoms with van der Waals surface area (Å²) in [5.41, 5.74) is 0.361. The van der Waals surface area contributed by atoms with E-state index in [2.05, 4.69) is 27.9 Å². The van der Waals surface area contributed by atoms with Crippen molar-refractivity contribution in [2.75, 3.05) is 11.9 Å². The first-order valence-electron chi connectivity index (χ1n) is 6.32. The second kappa shape index (κ2) is 6.12. The van der Waals surface area contributed by atoms with E-state index in [-0.39, 0.29) is 17.9 Å². The van der Waals surface area contributed by atoms with Crippen LogP contribution in [0.5, 0.6) is 0 Å². The van der Waals surface area contributed by atoms with Gasteiger partial charge in [0.2, 0.25) is 5.91 Å². The second-order valence-corrected chi connectivity index (χ2v) is 5.63. The van der Waals surface area contributed by atoms with Crippen LogP contribution in [0.3, 0.4) is 0 Å². The molecule has 3 N–H and O–H groups in total. The highest BCUT2D eigenvalue weighted by molar-refractivity contribution is 7.14. The van der Waals surface area contributed by atoms with Gasteiger partial charge >= 0.3 is 0 Å². The number of anilines is 1. The molecule has 104 valence electrons. The molecule has 2 unspecified atom stereocenters. The molecule has 6 nitrogen and oxygen atoms in total. The van der Waals surface area contributed by atoms with Gasteiger partial charge < -0.3 is 16.0 Å². The Balaban J connectivity index is 1.92. The van der Waals surface area contributed by atoms with Crippen molar-refractivity contribution in [2.45, 2.75) is 38.8 Å². The van der Waals surface area contributed by atoms with E-state index in [9.17, 15) is 9.59 Å². The minimum atomic E-state index is -0.187. The molecular formula is C12H18N4O2S. The van der Waals surface area contributed by atoms with Gasteiger partial charge in [-0.15, -0.1) is 11.3 Å². The molecule has 2 rings (SSSR count). The maximum atomic E-state index is 12.0. The average molecular weight is 282 g/mol. The monoisotopic (exact) mass is 282 g/mol. The second-order valence-electron chi connectivity index (χ2n) is 4.77. The lowest BCUT2D eigenvalue weighted by Gasteiger charge is -2.28. The predicted octanol–water partition coefficient (Wildman–Crippen LogP) is 0.972. The maximum Gasteiger partial charge on any atom is 0.271 e. The molecule has 1 fully saturated rings. The van der Waals surface area contributed by atoms with Crippen LogP contribution in [0, 0.1) is 0 Å². The molecule has 0 saturated carbocycles. The zero-order valence-electron chi connectivity index (χ0n) is 11.0. The van der Waals surface area contributed by atoms with Crippen molar-refractivity contribution in [3.63, 3.8) is 0 Å². The summed E-state index contributed by atoms with van der Waals surface area (Å²) in [4.78, 5) is 27.0. The fourth-order valence-corrected chi connectivity index (χ4v) is 2.85. The molecule has 1 aliphatic heterocycles. The van der Waals surface area contributed by atoms with E-state index < -0.39 is 0 Å². The Bertz CT molecular complexity index is 474. The van der Waals surface area contributed by atoms with Crippen LogP contribution in [0.15, 0.2) is 5.38 Å². The first-order chi connectivity index (χ1) is 9.04. The zero-order valence-corrected chi connectivity index (χ0v) is 11.8. The first-order valence-corrected chi connectivity index (χ1v) is 7.20. The van der Waals surface area contributed by atoms with Crippen LogP contribution in [0.25, 0.3) is 0 Å². The molecule has 2 amide bonds. The molecule has 2 atom stereocenters. The summed E-state index contributed by atoms with van der Waals surface area (Å²) in [7, 11) is 0. The summed E-state index contributed by atoms with van der Waals surface area (Å²) < 4.78 is 0. The van der Waals surface area contributed by atoms with Gasteiger partial charge in [-0.3, -0.25) is 9.59 Å². The lowest BCUT2D eigenvalue weighted by Crippen LogP contribution is -2.46. The molecule has 0 radical (unpaired) electrons. The molecule has 0 aromatic carbocycles. The molecule has 1 aromatic heterocycles. The minimum Gasteiger partial charge on any atom is -0.348 e. The third kappa shape index (κ3) is 4.00. The maximum absolute atomic E-state index is 12.0. The molecule has 19 heavy (non-hydrogen) atoms. The standard InChI is InChI=1S/C12H18N4O2S/c1-7-5-9(3-4-13-7)15-11(18)10-6-19-12(16-10)14-8(2)17/h6-7,9,13H,3-5H2,1-2H3,(H,15,18)(H,14,16,17). The van der Waals surface area contributed by atoms with Gasteiger partial charge in [0.15, 0.2) is 5.13 Å². The summed E-state index contributed by atoms with van der Waals surface area (Å²) in [6.07, 6.45) is 1.85. The number of thiazole rings is 1. The predicted molar refractivity (Wildman–Crippen MR) is 74.4 cm³/mol. The van der Waals surface area contributed by atoms with Crippen molar-refractivity contribution < 1.29 is 9.59 Å². The number of amides is 2. The third-order valence-corrected chi connectivity index (χ3v) is 3.74. The van der Waals surface area contributed by atoms with Crippen molar-refractivity contribution in [2.24, 2.45) is 0 Å². The van der Waals surface area contributed by atoms with E-state index in [0.29, 0.717) is 16.9 Å². The normalized spacial score (nSPS) is 22.8. The van der Waals surface area contributed by atoms with Crippen LogP contribution in [0.2, 0.25) is 0 Å². The van der Waals surface area contributed by atoms with E-state index >= 15 is 0 Å². The van der Waals surface area contributed by atoms with Gasteiger partial charge in [-0.25, -0.2) is 4.98 Å². The van der Waals surface area contributed by atoms with Gasteiger partial charge in [0, 0.05) is 24.4 Å². The fourth-order valence-electron chi connectivity index (χ4n) is 2.11. The number of piperidine rings is 1. The quantitative estimate of drug-likeness (QED) is 0.771. The topological polar surface area (TPSA) is 83.1 Å². The number of hydrogen-bond donors (Lipinski definition) is 3. The van der Waals surface area contributed by atoms with E-state index in [1.54, 1.807) is 5.38 Å². The Morgan fingerprint density at radius 3 is 3.00 bits per heavy atom. The van der Waals surface area contributed by atoms with Crippen LogP contribution in [0.1, 0.15) is 37.2 Å². The molecule has 0 bridgehead atoms. The van der Waals surface area contributed by atoms with Crippen molar-refractivity contribution in [1.29, 1.82) is 0 Å². The number of nitrogens with zero attached hydrogens (tertiary/aromatic N) is 1. The van der Waals surface area contributed by atoms with Crippen LogP contribution >= 0.6 is 11.3 Å². The first kappa shape index (κ1) is 14.0. The molecule has 1 aromatic rings. The lowest BCUT2D eigenvalue weighted by molar-refractivity contribution is -0.114. The largest absolute Gasteiger partial charge is 0.348 e. The number of carbonyl (C=O) groups excluding carboxylic acids is 2. The average Bonchev–Trinajstić information content (AvgIpc) is 2.76. The highest BCUT2D eigenvalue weighted by atomic mass is 32.1. The van der Waals surface area contributed by atoms with Crippen molar-refractivity contribution >= 4 is 28.3 Å². The molecule has 0 aliphatic carbocycles. The minimum absolute atomic E-state index is 0.174. The number of carbonyl (C=O) groups is 2. The van der Waals surface area contributed by atoms with E-state index in [4.69, 9.17) is 0 Å². The van der Waals surface area contributed by atoms with Gasteiger partial charge in [0.1, 0.15) is 5.69 Å². The Morgan fingerprint density at radius 1 is 1.53 bits per heavy atom. The van der Waals surface area contributed by atoms with E-state index in [0.717, 1.165) is 19.4 Å². The molecule has 2 heterocycles. The SMILES string of the molecule is CC(=O)Nc1nc(C(=O)NC2CCNC(C)C2)cs1. The molecule has 1 saturated heterocycles. The third-order valence-electron chi connectivity index (χ3n) is 2.98. The summed E-state index contributed by atoms with van der Waals surface area (Å²) in [6, 6.07) is 0.610. The number of nitrogens with one attached hydrogen (secondary N) is 3. The molecule has 0 spiro atoms. The summed E-state index contributed by atoms with van der Waals surface area (Å²) in [5, 5.41) is 11.0. The van der Waals surface area contributed by atoms with Crippen LogP contribution in [-0.2, 0) is 4.79 Å². The number of hydrogen-bond acceptors (Lipinski definition) is 5. The van der Waals surface area contributed by atoms with Gasteiger partial charge in [-0.05, 0) is 26.3 Å².